The van der Waals surface area contributed by atoms with E-state index in [2.05, 4.69) is 0 Å². The van der Waals surface area contributed by atoms with Gasteiger partial charge in [0, 0.05) is 11.1 Å². The second-order valence-electron chi connectivity index (χ2n) is 7.91. The number of halogens is 1. The van der Waals surface area contributed by atoms with E-state index < -0.39 is 23.7 Å². The van der Waals surface area contributed by atoms with Crippen LogP contribution in [0.25, 0.3) is 0 Å². The highest BCUT2D eigenvalue weighted by atomic mass is 19.1. The molecule has 1 heterocycles. The smallest absolute Gasteiger partial charge is 0.264 e. The Labute approximate surface area is 196 Å². The average molecular weight is 465 g/mol. The molecule has 0 saturated carbocycles. The van der Waals surface area contributed by atoms with Gasteiger partial charge in [0.1, 0.15) is 5.82 Å². The van der Waals surface area contributed by atoms with Gasteiger partial charge in [-0.15, -0.1) is 0 Å². The molecule has 1 unspecified atom stereocenters. The number of nitrogens with zero attached hydrogens (tertiary/aromatic N) is 1. The zero-order valence-electron chi connectivity index (χ0n) is 19.0. The molecule has 0 spiro atoms. The van der Waals surface area contributed by atoms with Crippen LogP contribution in [0.15, 0.2) is 60.7 Å². The third-order valence-corrected chi connectivity index (χ3v) is 5.90. The van der Waals surface area contributed by atoms with E-state index in [1.165, 1.54) is 50.5 Å². The van der Waals surface area contributed by atoms with Crippen LogP contribution >= 0.6 is 0 Å². The molecular weight excluding hydrogens is 441 g/mol. The number of para-hydroxylation sites is 1. The number of hydrogen-bond donors (Lipinski definition) is 1. The molecule has 1 atom stereocenters. The summed E-state index contributed by atoms with van der Waals surface area (Å²) in [5, 5.41) is 11.5. The van der Waals surface area contributed by atoms with E-state index in [4.69, 9.17) is 14.2 Å². The van der Waals surface area contributed by atoms with Crippen molar-refractivity contribution in [3.63, 3.8) is 0 Å². The van der Waals surface area contributed by atoms with Gasteiger partial charge in [0.15, 0.2) is 22.9 Å². The Bertz CT molecular complexity index is 1220. The third kappa shape index (κ3) is 3.97. The van der Waals surface area contributed by atoms with Gasteiger partial charge in [-0.3, -0.25) is 9.59 Å². The molecule has 0 fully saturated rings. The van der Waals surface area contributed by atoms with Gasteiger partial charge < -0.3 is 24.2 Å². The molecule has 176 valence electrons. The minimum absolute atomic E-state index is 0.122. The number of anilines is 1. The van der Waals surface area contributed by atoms with Gasteiger partial charge in [-0.25, -0.2) is 4.39 Å². The first-order chi connectivity index (χ1) is 16.3. The van der Waals surface area contributed by atoms with Gasteiger partial charge in [-0.1, -0.05) is 30.3 Å². The monoisotopic (exact) mass is 465 g/mol. The van der Waals surface area contributed by atoms with E-state index in [9.17, 15) is 19.1 Å². The molecule has 8 heteroatoms. The summed E-state index contributed by atoms with van der Waals surface area (Å²) in [5.74, 6) is -0.591. The predicted octanol–water partition coefficient (Wildman–Crippen LogP) is 3.86. The number of carbonyl (C=O) groups excluding carboxylic acids is 2. The van der Waals surface area contributed by atoms with Gasteiger partial charge in [-0.05, 0) is 35.9 Å². The highest BCUT2D eigenvalue weighted by molar-refractivity contribution is 6.10. The predicted molar refractivity (Wildman–Crippen MR) is 123 cm³/mol. The molecule has 1 N–H and O–H groups in total. The summed E-state index contributed by atoms with van der Waals surface area (Å²) in [7, 11) is 4.32. The van der Waals surface area contributed by atoms with Crippen LogP contribution in [-0.2, 0) is 16.9 Å². The SMILES string of the molecule is COc1cc(C(=O)CC2(O)C(=O)N(Cc3ccc(F)cc3)c3ccccc32)cc(OC)c1OC. The maximum absolute atomic E-state index is 13.4. The second-order valence-corrected chi connectivity index (χ2v) is 7.91. The van der Waals surface area contributed by atoms with E-state index in [-0.39, 0.29) is 29.4 Å². The number of aliphatic hydroxyl groups is 1. The van der Waals surface area contributed by atoms with Crippen LogP contribution in [0.2, 0.25) is 0 Å². The first-order valence-electron chi connectivity index (χ1n) is 10.5. The molecule has 1 amide bonds. The first kappa shape index (κ1) is 23.3. The number of rotatable bonds is 8. The number of ether oxygens (including phenoxy) is 3. The molecular formula is C26H24FNO6. The molecule has 0 bridgehead atoms. The molecule has 0 aromatic heterocycles. The van der Waals surface area contributed by atoms with Crippen molar-refractivity contribution in [3.8, 4) is 17.2 Å². The van der Waals surface area contributed by atoms with Gasteiger partial charge in [0.25, 0.3) is 5.91 Å². The molecule has 3 aromatic rings. The van der Waals surface area contributed by atoms with Crippen LogP contribution in [-0.4, -0.2) is 38.1 Å². The Morgan fingerprint density at radius 1 is 0.971 bits per heavy atom. The quantitative estimate of drug-likeness (QED) is 0.509. The van der Waals surface area contributed by atoms with Crippen molar-refractivity contribution in [2.45, 2.75) is 18.6 Å². The topological polar surface area (TPSA) is 85.3 Å². The van der Waals surface area contributed by atoms with E-state index in [0.29, 0.717) is 22.6 Å². The van der Waals surface area contributed by atoms with Crippen LogP contribution in [0.4, 0.5) is 10.1 Å². The molecule has 3 aromatic carbocycles. The highest BCUT2D eigenvalue weighted by Crippen LogP contribution is 2.44. The number of methoxy groups -OCH3 is 3. The van der Waals surface area contributed by atoms with Gasteiger partial charge >= 0.3 is 0 Å². The fraction of sp³-hybridized carbons (Fsp3) is 0.231. The van der Waals surface area contributed by atoms with Crippen molar-refractivity contribution >= 4 is 17.4 Å². The van der Waals surface area contributed by atoms with Crippen LogP contribution < -0.4 is 19.1 Å². The van der Waals surface area contributed by atoms with Crippen LogP contribution in [0.1, 0.15) is 27.9 Å². The standard InChI is InChI=1S/C26H24FNO6/c1-32-22-12-17(13-23(33-2)24(22)34-3)21(29)14-26(31)19-6-4-5-7-20(19)28(25(26)30)15-16-8-10-18(27)11-9-16/h4-13,31H,14-15H2,1-3H3. The van der Waals surface area contributed by atoms with Crippen molar-refractivity contribution in [2.24, 2.45) is 0 Å². The summed E-state index contributed by atoms with van der Waals surface area (Å²) in [4.78, 5) is 28.1. The molecule has 0 aliphatic carbocycles. The number of fused-ring (bicyclic) bond motifs is 1. The van der Waals surface area contributed by atoms with Crippen molar-refractivity contribution in [3.05, 3.63) is 83.2 Å². The van der Waals surface area contributed by atoms with E-state index in [1.807, 2.05) is 0 Å². The molecule has 7 nitrogen and oxygen atoms in total. The molecule has 0 radical (unpaired) electrons. The lowest BCUT2D eigenvalue weighted by Crippen LogP contribution is -2.41. The minimum atomic E-state index is -2.06. The Hall–Kier alpha value is -3.91. The summed E-state index contributed by atoms with van der Waals surface area (Å²) in [6, 6.07) is 15.5. The maximum atomic E-state index is 13.4. The van der Waals surface area contributed by atoms with Crippen LogP contribution in [0.3, 0.4) is 0 Å². The number of hydrogen-bond acceptors (Lipinski definition) is 6. The Balaban J connectivity index is 1.68. The Morgan fingerprint density at radius 2 is 1.59 bits per heavy atom. The van der Waals surface area contributed by atoms with E-state index >= 15 is 0 Å². The third-order valence-electron chi connectivity index (χ3n) is 5.90. The lowest BCUT2D eigenvalue weighted by molar-refractivity contribution is -0.136. The van der Waals surface area contributed by atoms with Crippen LogP contribution in [0.5, 0.6) is 17.2 Å². The summed E-state index contributed by atoms with van der Waals surface area (Å²) >= 11 is 0. The first-order valence-corrected chi connectivity index (χ1v) is 10.5. The maximum Gasteiger partial charge on any atom is 0.264 e. The molecule has 34 heavy (non-hydrogen) atoms. The summed E-state index contributed by atoms with van der Waals surface area (Å²) in [6.45, 7) is 0.122. The summed E-state index contributed by atoms with van der Waals surface area (Å²) in [5.41, 5.74) is -0.344. The summed E-state index contributed by atoms with van der Waals surface area (Å²) in [6.07, 6.45) is -0.485. The van der Waals surface area contributed by atoms with Crippen LogP contribution in [0, 0.1) is 5.82 Å². The lowest BCUT2D eigenvalue weighted by atomic mass is 9.88. The number of carbonyl (C=O) groups is 2. The number of ketones is 1. The normalized spacial score (nSPS) is 16.9. The van der Waals surface area contributed by atoms with Crippen molar-refractivity contribution in [2.75, 3.05) is 26.2 Å². The van der Waals surface area contributed by atoms with Crippen molar-refractivity contribution < 1.29 is 33.3 Å². The number of benzene rings is 3. The minimum Gasteiger partial charge on any atom is -0.493 e. The summed E-state index contributed by atoms with van der Waals surface area (Å²) < 4.78 is 29.2. The molecule has 1 aliphatic heterocycles. The number of amides is 1. The fourth-order valence-electron chi connectivity index (χ4n) is 4.18. The van der Waals surface area contributed by atoms with Crippen molar-refractivity contribution in [1.82, 2.24) is 0 Å². The zero-order chi connectivity index (χ0) is 24.5. The fourth-order valence-corrected chi connectivity index (χ4v) is 4.18. The lowest BCUT2D eigenvalue weighted by Gasteiger charge is -2.23. The molecule has 0 saturated heterocycles. The zero-order valence-corrected chi connectivity index (χ0v) is 19.0. The molecule has 1 aliphatic rings. The van der Waals surface area contributed by atoms with Gasteiger partial charge in [0.2, 0.25) is 5.75 Å². The largest absolute Gasteiger partial charge is 0.493 e. The van der Waals surface area contributed by atoms with Crippen molar-refractivity contribution in [1.29, 1.82) is 0 Å². The second kappa shape index (κ2) is 9.15. The van der Waals surface area contributed by atoms with E-state index in [0.717, 1.165) is 0 Å². The van der Waals surface area contributed by atoms with Gasteiger partial charge in [-0.2, -0.15) is 0 Å². The molecule has 4 rings (SSSR count). The van der Waals surface area contributed by atoms with Gasteiger partial charge in [0.05, 0.1) is 40.0 Å². The highest BCUT2D eigenvalue weighted by Gasteiger charge is 2.50. The Morgan fingerprint density at radius 3 is 2.18 bits per heavy atom. The average Bonchev–Trinajstić information content (AvgIpc) is 3.06. The Kier molecular flexibility index (Phi) is 6.26. The van der Waals surface area contributed by atoms with E-state index in [1.54, 1.807) is 36.4 Å². The number of Topliss-reactive ketones (excluding diaryl/α,β-unsaturated/α-hetero) is 1.